The summed E-state index contributed by atoms with van der Waals surface area (Å²) in [5, 5.41) is 9.79. The fourth-order valence-electron chi connectivity index (χ4n) is 3.77. The van der Waals surface area contributed by atoms with Gasteiger partial charge in [-0.05, 0) is 28.5 Å². The van der Waals surface area contributed by atoms with Crippen LogP contribution >= 0.6 is 0 Å². The molecule has 2 aromatic carbocycles. The summed E-state index contributed by atoms with van der Waals surface area (Å²) in [6.07, 6.45) is 0.658. The van der Waals surface area contributed by atoms with Gasteiger partial charge in [-0.2, -0.15) is 0 Å². The fraction of sp³-hybridized carbons (Fsp3) is 0.391. The van der Waals surface area contributed by atoms with Crippen molar-refractivity contribution in [3.05, 3.63) is 71.3 Å². The van der Waals surface area contributed by atoms with Gasteiger partial charge in [0.15, 0.2) is 0 Å². The summed E-state index contributed by atoms with van der Waals surface area (Å²) in [4.78, 5) is 26.4. The van der Waals surface area contributed by atoms with Crippen LogP contribution in [0.15, 0.2) is 54.6 Å². The molecule has 2 aromatic rings. The zero-order valence-corrected chi connectivity index (χ0v) is 16.2. The molecule has 0 spiro atoms. The van der Waals surface area contributed by atoms with Crippen LogP contribution in [0.4, 0.5) is 0 Å². The van der Waals surface area contributed by atoms with Crippen LogP contribution in [0, 0.1) is 5.92 Å². The normalized spacial score (nSPS) is 20.6. The molecule has 27 heavy (non-hydrogen) atoms. The summed E-state index contributed by atoms with van der Waals surface area (Å²) in [6, 6.07) is 17.4. The first kappa shape index (κ1) is 19.2. The molecule has 2 atom stereocenters. The fourth-order valence-corrected chi connectivity index (χ4v) is 3.77. The summed E-state index contributed by atoms with van der Waals surface area (Å²) in [6.45, 7) is 6.87. The Morgan fingerprint density at radius 1 is 1.07 bits per heavy atom. The number of piperidine rings is 1. The monoisotopic (exact) mass is 365 g/mol. The molecular formula is C23H27NO3. The average Bonchev–Trinajstić information content (AvgIpc) is 2.63. The highest BCUT2D eigenvalue weighted by molar-refractivity contribution is 5.81. The van der Waals surface area contributed by atoms with Crippen molar-refractivity contribution in [1.29, 1.82) is 0 Å². The van der Waals surface area contributed by atoms with Crippen molar-refractivity contribution in [2.75, 3.05) is 0 Å². The van der Waals surface area contributed by atoms with Crippen molar-refractivity contribution in [2.24, 2.45) is 5.92 Å². The molecular weight excluding hydrogens is 338 g/mol. The van der Waals surface area contributed by atoms with Crippen molar-refractivity contribution in [3.63, 3.8) is 0 Å². The second-order valence-electron chi connectivity index (χ2n) is 8.31. The van der Waals surface area contributed by atoms with E-state index in [9.17, 15) is 14.7 Å². The van der Waals surface area contributed by atoms with Gasteiger partial charge in [-0.1, -0.05) is 75.4 Å². The number of aliphatic carboxylic acids is 1. The van der Waals surface area contributed by atoms with Crippen LogP contribution in [-0.4, -0.2) is 21.9 Å². The molecule has 1 amide bonds. The highest BCUT2D eigenvalue weighted by atomic mass is 16.4. The summed E-state index contributed by atoms with van der Waals surface area (Å²) in [5.74, 6) is -1.42. The SMILES string of the molecule is CC(C)(C)c1ccc([C@H]2[C@@H](C(=O)O)CCC(=O)N2Cc2ccccc2)cc1. The number of likely N-dealkylation sites (tertiary alicyclic amines) is 1. The Bertz CT molecular complexity index is 806. The van der Waals surface area contributed by atoms with E-state index in [-0.39, 0.29) is 17.7 Å². The lowest BCUT2D eigenvalue weighted by Gasteiger charge is -2.40. The minimum absolute atomic E-state index is 0.0150. The standard InChI is InChI=1S/C23H27NO3/c1-23(2,3)18-11-9-17(10-12-18)21-19(22(26)27)13-14-20(25)24(21)15-16-7-5-4-6-8-16/h4-12,19,21H,13-15H2,1-3H3,(H,26,27)/t19-,21-/m0/s1. The van der Waals surface area contributed by atoms with E-state index in [1.807, 2.05) is 54.6 Å². The Balaban J connectivity index is 1.98. The number of benzene rings is 2. The number of nitrogens with zero attached hydrogens (tertiary/aromatic N) is 1. The minimum Gasteiger partial charge on any atom is -0.481 e. The summed E-state index contributed by atoms with van der Waals surface area (Å²) in [5.41, 5.74) is 3.11. The van der Waals surface area contributed by atoms with Gasteiger partial charge in [0.1, 0.15) is 0 Å². The number of hydrogen-bond donors (Lipinski definition) is 1. The summed E-state index contributed by atoms with van der Waals surface area (Å²) >= 11 is 0. The smallest absolute Gasteiger partial charge is 0.308 e. The van der Waals surface area contributed by atoms with Gasteiger partial charge in [0, 0.05) is 13.0 Å². The summed E-state index contributed by atoms with van der Waals surface area (Å²) in [7, 11) is 0. The molecule has 3 rings (SSSR count). The molecule has 1 saturated heterocycles. The quantitative estimate of drug-likeness (QED) is 0.865. The second kappa shape index (κ2) is 7.55. The van der Waals surface area contributed by atoms with Gasteiger partial charge in [-0.3, -0.25) is 9.59 Å². The molecule has 142 valence electrons. The Labute approximate surface area is 160 Å². The number of amides is 1. The Kier molecular flexibility index (Phi) is 5.36. The average molecular weight is 365 g/mol. The van der Waals surface area contributed by atoms with Crippen LogP contribution in [0.1, 0.15) is 56.3 Å². The van der Waals surface area contributed by atoms with Crippen molar-refractivity contribution < 1.29 is 14.7 Å². The molecule has 0 bridgehead atoms. The number of carbonyl (C=O) groups is 2. The molecule has 4 heteroatoms. The Morgan fingerprint density at radius 2 is 1.70 bits per heavy atom. The second-order valence-corrected chi connectivity index (χ2v) is 8.31. The maximum atomic E-state index is 12.7. The van der Waals surface area contributed by atoms with Crippen molar-refractivity contribution in [2.45, 2.75) is 51.6 Å². The molecule has 4 nitrogen and oxygen atoms in total. The van der Waals surface area contributed by atoms with Crippen LogP contribution in [0.25, 0.3) is 0 Å². The van der Waals surface area contributed by atoms with Gasteiger partial charge in [0.25, 0.3) is 0 Å². The van der Waals surface area contributed by atoms with E-state index in [0.29, 0.717) is 13.0 Å². The molecule has 1 aliphatic heterocycles. The third-order valence-corrected chi connectivity index (χ3v) is 5.34. The topological polar surface area (TPSA) is 57.6 Å². The number of carboxylic acids is 1. The molecule has 0 unspecified atom stereocenters. The molecule has 0 saturated carbocycles. The number of carbonyl (C=O) groups excluding carboxylic acids is 1. The predicted molar refractivity (Wildman–Crippen MR) is 105 cm³/mol. The Hall–Kier alpha value is -2.62. The lowest BCUT2D eigenvalue weighted by atomic mass is 9.81. The maximum absolute atomic E-state index is 12.7. The molecule has 1 fully saturated rings. The third-order valence-electron chi connectivity index (χ3n) is 5.34. The summed E-state index contributed by atoms with van der Waals surface area (Å²) < 4.78 is 0. The van der Waals surface area contributed by atoms with Gasteiger partial charge >= 0.3 is 5.97 Å². The highest BCUT2D eigenvalue weighted by Crippen LogP contribution is 2.38. The van der Waals surface area contributed by atoms with E-state index in [0.717, 1.165) is 11.1 Å². The molecule has 1 N–H and O–H groups in total. The van der Waals surface area contributed by atoms with Crippen LogP contribution in [0.2, 0.25) is 0 Å². The predicted octanol–water partition coefficient (Wildman–Crippen LogP) is 4.55. The van der Waals surface area contributed by atoms with Crippen molar-refractivity contribution >= 4 is 11.9 Å². The van der Waals surface area contributed by atoms with Gasteiger partial charge in [-0.25, -0.2) is 0 Å². The van der Waals surface area contributed by atoms with E-state index in [4.69, 9.17) is 0 Å². The molecule has 1 aliphatic rings. The zero-order valence-electron chi connectivity index (χ0n) is 16.2. The first-order valence-electron chi connectivity index (χ1n) is 9.44. The number of rotatable bonds is 4. The van der Waals surface area contributed by atoms with E-state index in [1.165, 1.54) is 5.56 Å². The zero-order chi connectivity index (χ0) is 19.6. The number of carboxylic acid groups (broad SMARTS) is 1. The van der Waals surface area contributed by atoms with Crippen LogP contribution < -0.4 is 0 Å². The van der Waals surface area contributed by atoms with Gasteiger partial charge in [-0.15, -0.1) is 0 Å². The van der Waals surface area contributed by atoms with E-state index in [2.05, 4.69) is 20.8 Å². The molecule has 0 aliphatic carbocycles. The lowest BCUT2D eigenvalue weighted by Crippen LogP contribution is -2.44. The van der Waals surface area contributed by atoms with Gasteiger partial charge in [0.2, 0.25) is 5.91 Å². The largest absolute Gasteiger partial charge is 0.481 e. The molecule has 1 heterocycles. The van der Waals surface area contributed by atoms with Crippen LogP contribution in [0.3, 0.4) is 0 Å². The highest BCUT2D eigenvalue weighted by Gasteiger charge is 2.40. The number of hydrogen-bond acceptors (Lipinski definition) is 2. The molecule has 0 aromatic heterocycles. The maximum Gasteiger partial charge on any atom is 0.308 e. The van der Waals surface area contributed by atoms with Crippen molar-refractivity contribution in [1.82, 2.24) is 4.90 Å². The Morgan fingerprint density at radius 3 is 2.26 bits per heavy atom. The first-order chi connectivity index (χ1) is 12.8. The van der Waals surface area contributed by atoms with E-state index < -0.39 is 17.9 Å². The van der Waals surface area contributed by atoms with E-state index in [1.54, 1.807) is 4.90 Å². The van der Waals surface area contributed by atoms with E-state index >= 15 is 0 Å². The van der Waals surface area contributed by atoms with Crippen molar-refractivity contribution in [3.8, 4) is 0 Å². The third kappa shape index (κ3) is 4.21. The first-order valence-corrected chi connectivity index (χ1v) is 9.44. The van der Waals surface area contributed by atoms with Crippen LogP contribution in [-0.2, 0) is 21.5 Å². The molecule has 0 radical (unpaired) electrons. The lowest BCUT2D eigenvalue weighted by molar-refractivity contribution is -0.152. The minimum atomic E-state index is -0.842. The van der Waals surface area contributed by atoms with Crippen LogP contribution in [0.5, 0.6) is 0 Å². The van der Waals surface area contributed by atoms with Gasteiger partial charge < -0.3 is 10.0 Å². The van der Waals surface area contributed by atoms with Gasteiger partial charge in [0.05, 0.1) is 12.0 Å².